The van der Waals surface area contributed by atoms with Crippen LogP contribution in [0.4, 0.5) is 11.5 Å². The van der Waals surface area contributed by atoms with Crippen molar-refractivity contribution in [1.29, 1.82) is 0 Å². The molecule has 3 aliphatic rings. The van der Waals surface area contributed by atoms with Gasteiger partial charge in [-0.2, -0.15) is 0 Å². The highest BCUT2D eigenvalue weighted by atomic mass is 16.5. The third-order valence-corrected chi connectivity index (χ3v) is 6.85. The van der Waals surface area contributed by atoms with Gasteiger partial charge in [0.15, 0.2) is 5.82 Å². The quantitative estimate of drug-likeness (QED) is 0.813. The van der Waals surface area contributed by atoms with Crippen molar-refractivity contribution in [3.05, 3.63) is 48.2 Å². The lowest BCUT2D eigenvalue weighted by Crippen LogP contribution is -2.53. The minimum Gasteiger partial charge on any atom is -0.497 e. The van der Waals surface area contributed by atoms with E-state index in [1.807, 2.05) is 29.3 Å². The molecule has 2 fully saturated rings. The SMILES string of the molecule is COc1ccc(C2(C(=O)N3CC4CCCN4c4ncccc43)CCCC2)cc1. The number of rotatable bonds is 3. The molecule has 0 spiro atoms. The number of carbonyl (C=O) groups is 1. The molecule has 0 N–H and O–H groups in total. The van der Waals surface area contributed by atoms with Crippen LogP contribution in [0.1, 0.15) is 44.1 Å². The van der Waals surface area contributed by atoms with E-state index in [1.54, 1.807) is 7.11 Å². The van der Waals surface area contributed by atoms with Crippen LogP contribution in [0, 0.1) is 0 Å². The summed E-state index contributed by atoms with van der Waals surface area (Å²) in [5, 5.41) is 0. The van der Waals surface area contributed by atoms with Gasteiger partial charge in [0.25, 0.3) is 0 Å². The summed E-state index contributed by atoms with van der Waals surface area (Å²) >= 11 is 0. The molecule has 5 heteroatoms. The standard InChI is InChI=1S/C23H27N3O2/c1-28-19-10-8-17(9-11-19)23(12-2-3-13-23)22(27)26-16-18-6-5-15-25(18)21-20(26)7-4-14-24-21/h4,7-11,14,18H,2-3,5-6,12-13,15-16H2,1H3. The first-order valence-electron chi connectivity index (χ1n) is 10.4. The Labute approximate surface area is 166 Å². The van der Waals surface area contributed by atoms with Crippen molar-refractivity contribution < 1.29 is 9.53 Å². The van der Waals surface area contributed by atoms with E-state index in [-0.39, 0.29) is 5.91 Å². The number of hydrogen-bond donors (Lipinski definition) is 0. The van der Waals surface area contributed by atoms with Gasteiger partial charge in [0, 0.05) is 25.3 Å². The van der Waals surface area contributed by atoms with Crippen LogP contribution >= 0.6 is 0 Å². The lowest BCUT2D eigenvalue weighted by Gasteiger charge is -2.42. The normalized spacial score (nSPS) is 22.7. The number of ether oxygens (including phenoxy) is 1. The number of pyridine rings is 1. The van der Waals surface area contributed by atoms with Crippen LogP contribution in [0.2, 0.25) is 0 Å². The van der Waals surface area contributed by atoms with E-state index in [2.05, 4.69) is 28.1 Å². The summed E-state index contributed by atoms with van der Waals surface area (Å²) in [7, 11) is 1.68. The van der Waals surface area contributed by atoms with Gasteiger partial charge >= 0.3 is 0 Å². The Morgan fingerprint density at radius 1 is 1.14 bits per heavy atom. The van der Waals surface area contributed by atoms with E-state index in [9.17, 15) is 4.79 Å². The number of carbonyl (C=O) groups excluding carboxylic acids is 1. The van der Waals surface area contributed by atoms with Gasteiger partial charge in [-0.05, 0) is 55.5 Å². The molecule has 1 saturated carbocycles. The van der Waals surface area contributed by atoms with E-state index in [0.717, 1.165) is 68.0 Å². The molecule has 1 unspecified atom stereocenters. The fraction of sp³-hybridized carbons (Fsp3) is 0.478. The number of methoxy groups -OCH3 is 1. The number of amides is 1. The molecule has 28 heavy (non-hydrogen) atoms. The van der Waals surface area contributed by atoms with E-state index >= 15 is 0 Å². The zero-order valence-corrected chi connectivity index (χ0v) is 16.4. The van der Waals surface area contributed by atoms with Gasteiger partial charge in [-0.3, -0.25) is 4.79 Å². The maximum atomic E-state index is 14.1. The summed E-state index contributed by atoms with van der Waals surface area (Å²) in [6.07, 6.45) is 8.18. The molecular formula is C23H27N3O2. The molecular weight excluding hydrogens is 350 g/mol. The number of nitrogens with zero attached hydrogens (tertiary/aromatic N) is 3. The van der Waals surface area contributed by atoms with Crippen molar-refractivity contribution >= 4 is 17.4 Å². The third kappa shape index (κ3) is 2.60. The summed E-state index contributed by atoms with van der Waals surface area (Å²) in [6, 6.07) is 12.5. The van der Waals surface area contributed by atoms with Crippen molar-refractivity contribution in [2.24, 2.45) is 0 Å². The van der Waals surface area contributed by atoms with Gasteiger partial charge in [-0.1, -0.05) is 25.0 Å². The van der Waals surface area contributed by atoms with Crippen molar-refractivity contribution in [2.75, 3.05) is 30.0 Å². The Hall–Kier alpha value is -2.56. The highest BCUT2D eigenvalue weighted by Gasteiger charge is 2.48. The van der Waals surface area contributed by atoms with Gasteiger partial charge < -0.3 is 14.5 Å². The molecule has 1 aromatic heterocycles. The second kappa shape index (κ2) is 6.80. The van der Waals surface area contributed by atoms with Crippen LogP contribution in [0.5, 0.6) is 5.75 Å². The lowest BCUT2D eigenvalue weighted by atomic mass is 9.77. The van der Waals surface area contributed by atoms with Crippen LogP contribution in [0.25, 0.3) is 0 Å². The topological polar surface area (TPSA) is 45.7 Å². The molecule has 0 radical (unpaired) electrons. The first-order valence-corrected chi connectivity index (χ1v) is 10.4. The summed E-state index contributed by atoms with van der Waals surface area (Å²) in [5.74, 6) is 2.06. The minimum atomic E-state index is -0.430. The summed E-state index contributed by atoms with van der Waals surface area (Å²) in [4.78, 5) is 23.2. The Balaban J connectivity index is 1.55. The fourth-order valence-corrected chi connectivity index (χ4v) is 5.40. The lowest BCUT2D eigenvalue weighted by molar-refractivity contribution is -0.124. The average Bonchev–Trinajstić information content (AvgIpc) is 3.43. The van der Waals surface area contributed by atoms with E-state index in [1.165, 1.54) is 6.42 Å². The van der Waals surface area contributed by atoms with E-state index in [0.29, 0.717) is 6.04 Å². The monoisotopic (exact) mass is 377 g/mol. The number of hydrogen-bond acceptors (Lipinski definition) is 4. The molecule has 5 rings (SSSR count). The van der Waals surface area contributed by atoms with Gasteiger partial charge in [-0.15, -0.1) is 0 Å². The Kier molecular flexibility index (Phi) is 4.26. The Bertz CT molecular complexity index is 874. The van der Waals surface area contributed by atoms with Crippen LogP contribution in [-0.2, 0) is 10.2 Å². The zero-order chi connectivity index (χ0) is 19.1. The third-order valence-electron chi connectivity index (χ3n) is 6.85. The predicted octanol–water partition coefficient (Wildman–Crippen LogP) is 3.92. The van der Waals surface area contributed by atoms with Gasteiger partial charge in [0.2, 0.25) is 5.91 Å². The number of fused-ring (bicyclic) bond motifs is 3. The first kappa shape index (κ1) is 17.5. The van der Waals surface area contributed by atoms with Crippen molar-refractivity contribution in [3.63, 3.8) is 0 Å². The largest absolute Gasteiger partial charge is 0.497 e. The van der Waals surface area contributed by atoms with Crippen LogP contribution in [0.3, 0.4) is 0 Å². The zero-order valence-electron chi connectivity index (χ0n) is 16.4. The Morgan fingerprint density at radius 3 is 2.68 bits per heavy atom. The molecule has 2 aromatic rings. The van der Waals surface area contributed by atoms with Gasteiger partial charge in [-0.25, -0.2) is 4.98 Å². The molecule has 0 bridgehead atoms. The smallest absolute Gasteiger partial charge is 0.237 e. The molecule has 5 nitrogen and oxygen atoms in total. The van der Waals surface area contributed by atoms with Gasteiger partial charge in [0.1, 0.15) is 5.75 Å². The van der Waals surface area contributed by atoms with Crippen molar-refractivity contribution in [1.82, 2.24) is 4.98 Å². The molecule has 1 aliphatic carbocycles. The second-order valence-corrected chi connectivity index (χ2v) is 8.27. The van der Waals surface area contributed by atoms with Crippen LogP contribution < -0.4 is 14.5 Å². The fourth-order valence-electron chi connectivity index (χ4n) is 5.40. The predicted molar refractivity (Wildman–Crippen MR) is 110 cm³/mol. The highest BCUT2D eigenvalue weighted by Crippen LogP contribution is 2.46. The van der Waals surface area contributed by atoms with Crippen LogP contribution in [-0.4, -0.2) is 37.1 Å². The molecule has 3 heterocycles. The van der Waals surface area contributed by atoms with Crippen molar-refractivity contribution in [3.8, 4) is 5.75 Å². The molecule has 1 saturated heterocycles. The second-order valence-electron chi connectivity index (χ2n) is 8.27. The number of aromatic nitrogens is 1. The summed E-state index contributed by atoms with van der Waals surface area (Å²) < 4.78 is 5.33. The Morgan fingerprint density at radius 2 is 1.93 bits per heavy atom. The van der Waals surface area contributed by atoms with Crippen LogP contribution in [0.15, 0.2) is 42.6 Å². The van der Waals surface area contributed by atoms with Gasteiger partial charge in [0.05, 0.1) is 18.2 Å². The maximum Gasteiger partial charge on any atom is 0.237 e. The highest BCUT2D eigenvalue weighted by molar-refractivity contribution is 6.04. The molecule has 1 atom stereocenters. The molecule has 146 valence electrons. The minimum absolute atomic E-state index is 0.246. The maximum absolute atomic E-state index is 14.1. The van der Waals surface area contributed by atoms with E-state index < -0.39 is 5.41 Å². The van der Waals surface area contributed by atoms with E-state index in [4.69, 9.17) is 4.74 Å². The molecule has 2 aliphatic heterocycles. The summed E-state index contributed by atoms with van der Waals surface area (Å²) in [5.41, 5.74) is 1.67. The molecule has 1 amide bonds. The first-order chi connectivity index (χ1) is 13.7. The average molecular weight is 377 g/mol. The van der Waals surface area contributed by atoms with Crippen molar-refractivity contribution in [2.45, 2.75) is 50.0 Å². The number of anilines is 2. The molecule has 1 aromatic carbocycles. The number of benzene rings is 1. The summed E-state index contributed by atoms with van der Waals surface area (Å²) in [6.45, 7) is 1.82.